The van der Waals surface area contributed by atoms with Crippen LogP contribution in [0, 0.1) is 18.6 Å². The molecule has 0 atom stereocenters. The van der Waals surface area contributed by atoms with Crippen LogP contribution < -0.4 is 5.73 Å². The summed E-state index contributed by atoms with van der Waals surface area (Å²) in [6.07, 6.45) is 0. The Morgan fingerprint density at radius 1 is 1.31 bits per heavy atom. The second-order valence-electron chi connectivity index (χ2n) is 3.61. The van der Waals surface area contributed by atoms with Gasteiger partial charge in [-0.2, -0.15) is 5.10 Å². The highest BCUT2D eigenvalue weighted by Gasteiger charge is 2.15. The molecule has 16 heavy (non-hydrogen) atoms. The number of benzene rings is 1. The number of hydrogen-bond donors (Lipinski definition) is 1. The smallest absolute Gasteiger partial charge is 0.135 e. The Morgan fingerprint density at radius 3 is 2.50 bits per heavy atom. The van der Waals surface area contributed by atoms with Crippen molar-refractivity contribution in [2.45, 2.75) is 6.92 Å². The van der Waals surface area contributed by atoms with E-state index in [4.69, 9.17) is 5.73 Å². The Kier molecular flexibility index (Phi) is 2.38. The molecule has 0 saturated carbocycles. The van der Waals surface area contributed by atoms with E-state index < -0.39 is 11.6 Å². The van der Waals surface area contributed by atoms with Gasteiger partial charge in [0.1, 0.15) is 23.1 Å². The fraction of sp³-hybridized carbons (Fsp3) is 0.182. The maximum absolute atomic E-state index is 13.5. The van der Waals surface area contributed by atoms with Gasteiger partial charge >= 0.3 is 0 Å². The van der Waals surface area contributed by atoms with E-state index in [1.807, 2.05) is 0 Å². The summed E-state index contributed by atoms with van der Waals surface area (Å²) in [7, 11) is 1.67. The SMILES string of the molecule is Cc1c(-c2ccc(F)cc2F)nn(C)c1N. The summed E-state index contributed by atoms with van der Waals surface area (Å²) in [5.74, 6) is -0.775. The Balaban J connectivity index is 2.63. The molecule has 5 heteroatoms. The van der Waals surface area contributed by atoms with Crippen molar-refractivity contribution in [2.24, 2.45) is 7.05 Å². The molecule has 2 N–H and O–H groups in total. The predicted octanol–water partition coefficient (Wildman–Crippen LogP) is 2.26. The standard InChI is InChI=1S/C11H11F2N3/c1-6-10(15-16(2)11(6)14)8-4-3-7(12)5-9(8)13/h3-5H,14H2,1-2H3. The van der Waals surface area contributed by atoms with Crippen molar-refractivity contribution in [3.8, 4) is 11.3 Å². The average molecular weight is 223 g/mol. The summed E-state index contributed by atoms with van der Waals surface area (Å²) in [6, 6.07) is 3.39. The third-order valence-corrected chi connectivity index (χ3v) is 2.52. The zero-order valence-corrected chi connectivity index (χ0v) is 8.96. The van der Waals surface area contributed by atoms with E-state index in [1.165, 1.54) is 16.8 Å². The van der Waals surface area contributed by atoms with Gasteiger partial charge in [-0.1, -0.05) is 0 Å². The van der Waals surface area contributed by atoms with E-state index in [9.17, 15) is 8.78 Å². The highest BCUT2D eigenvalue weighted by atomic mass is 19.1. The summed E-state index contributed by atoms with van der Waals surface area (Å²) >= 11 is 0. The van der Waals surface area contributed by atoms with Gasteiger partial charge in [-0.05, 0) is 19.1 Å². The number of aryl methyl sites for hydroxylation is 1. The molecule has 3 nitrogen and oxygen atoms in total. The lowest BCUT2D eigenvalue weighted by Gasteiger charge is -2.00. The summed E-state index contributed by atoms with van der Waals surface area (Å²) in [4.78, 5) is 0. The second kappa shape index (κ2) is 3.59. The minimum atomic E-state index is -0.638. The van der Waals surface area contributed by atoms with Crippen LogP contribution in [-0.2, 0) is 7.05 Å². The average Bonchev–Trinajstić information content (AvgIpc) is 2.46. The monoisotopic (exact) mass is 223 g/mol. The van der Waals surface area contributed by atoms with Gasteiger partial charge in [0.2, 0.25) is 0 Å². The van der Waals surface area contributed by atoms with E-state index in [2.05, 4.69) is 5.10 Å². The largest absolute Gasteiger partial charge is 0.384 e. The fourth-order valence-electron chi connectivity index (χ4n) is 1.58. The molecule has 0 saturated heterocycles. The third kappa shape index (κ3) is 1.54. The van der Waals surface area contributed by atoms with Gasteiger partial charge in [-0.3, -0.25) is 4.68 Å². The zero-order chi connectivity index (χ0) is 11.9. The Hall–Kier alpha value is -1.91. The fourth-order valence-corrected chi connectivity index (χ4v) is 1.58. The Morgan fingerprint density at radius 2 is 2.00 bits per heavy atom. The van der Waals surface area contributed by atoms with Crippen molar-refractivity contribution in [1.29, 1.82) is 0 Å². The summed E-state index contributed by atoms with van der Waals surface area (Å²) in [6.45, 7) is 1.75. The Bertz CT molecular complexity index is 546. The van der Waals surface area contributed by atoms with Crippen LogP contribution in [0.4, 0.5) is 14.6 Å². The lowest BCUT2D eigenvalue weighted by atomic mass is 10.1. The number of rotatable bonds is 1. The lowest BCUT2D eigenvalue weighted by Crippen LogP contribution is -1.97. The summed E-state index contributed by atoms with van der Waals surface area (Å²) in [5.41, 5.74) is 7.11. The normalized spacial score (nSPS) is 10.8. The van der Waals surface area contributed by atoms with Crippen molar-refractivity contribution >= 4 is 5.82 Å². The molecular weight excluding hydrogens is 212 g/mol. The maximum Gasteiger partial charge on any atom is 0.135 e. The molecule has 0 aliphatic heterocycles. The molecule has 1 aromatic carbocycles. The van der Waals surface area contributed by atoms with Crippen LogP contribution in [0.25, 0.3) is 11.3 Å². The number of nitrogens with two attached hydrogens (primary N) is 1. The molecule has 0 aliphatic rings. The van der Waals surface area contributed by atoms with E-state index in [0.29, 0.717) is 17.1 Å². The molecule has 1 aromatic heterocycles. The minimum Gasteiger partial charge on any atom is -0.384 e. The van der Waals surface area contributed by atoms with Crippen molar-refractivity contribution in [3.63, 3.8) is 0 Å². The van der Waals surface area contributed by atoms with Gasteiger partial charge in [-0.15, -0.1) is 0 Å². The molecule has 1 heterocycles. The summed E-state index contributed by atoms with van der Waals surface area (Å²) < 4.78 is 27.8. The van der Waals surface area contributed by atoms with Crippen LogP contribution in [0.1, 0.15) is 5.56 Å². The highest BCUT2D eigenvalue weighted by Crippen LogP contribution is 2.28. The topological polar surface area (TPSA) is 43.8 Å². The van der Waals surface area contributed by atoms with Crippen LogP contribution >= 0.6 is 0 Å². The molecule has 0 fully saturated rings. The van der Waals surface area contributed by atoms with Crippen molar-refractivity contribution in [2.75, 3.05) is 5.73 Å². The van der Waals surface area contributed by atoms with Gasteiger partial charge in [0, 0.05) is 24.2 Å². The maximum atomic E-state index is 13.5. The predicted molar refractivity (Wildman–Crippen MR) is 57.7 cm³/mol. The third-order valence-electron chi connectivity index (χ3n) is 2.52. The number of nitrogens with zero attached hydrogens (tertiary/aromatic N) is 2. The number of halogens is 2. The molecule has 0 spiro atoms. The Labute approximate surface area is 91.5 Å². The molecule has 0 bridgehead atoms. The zero-order valence-electron chi connectivity index (χ0n) is 8.96. The van der Waals surface area contributed by atoms with Crippen LogP contribution in [-0.4, -0.2) is 9.78 Å². The van der Waals surface area contributed by atoms with E-state index in [0.717, 1.165) is 6.07 Å². The molecular formula is C11H11F2N3. The molecule has 2 rings (SSSR count). The summed E-state index contributed by atoms with van der Waals surface area (Å²) in [5, 5.41) is 4.10. The van der Waals surface area contributed by atoms with E-state index >= 15 is 0 Å². The number of aromatic nitrogens is 2. The molecule has 0 radical (unpaired) electrons. The quantitative estimate of drug-likeness (QED) is 0.805. The number of nitrogen functional groups attached to an aromatic ring is 1. The van der Waals surface area contributed by atoms with Crippen molar-refractivity contribution in [3.05, 3.63) is 35.4 Å². The van der Waals surface area contributed by atoms with Gasteiger partial charge in [0.25, 0.3) is 0 Å². The van der Waals surface area contributed by atoms with Crippen molar-refractivity contribution < 1.29 is 8.78 Å². The van der Waals surface area contributed by atoms with Gasteiger partial charge in [0.15, 0.2) is 0 Å². The first-order valence-electron chi connectivity index (χ1n) is 4.75. The molecule has 0 amide bonds. The molecule has 2 aromatic rings. The number of anilines is 1. The van der Waals surface area contributed by atoms with E-state index in [1.54, 1.807) is 14.0 Å². The van der Waals surface area contributed by atoms with Gasteiger partial charge in [0.05, 0.1) is 0 Å². The lowest BCUT2D eigenvalue weighted by molar-refractivity contribution is 0.585. The first kappa shape index (κ1) is 10.6. The van der Waals surface area contributed by atoms with Crippen LogP contribution in [0.3, 0.4) is 0 Å². The highest BCUT2D eigenvalue weighted by molar-refractivity contribution is 5.68. The van der Waals surface area contributed by atoms with Crippen molar-refractivity contribution in [1.82, 2.24) is 9.78 Å². The van der Waals surface area contributed by atoms with Crippen LogP contribution in [0.2, 0.25) is 0 Å². The van der Waals surface area contributed by atoms with E-state index in [-0.39, 0.29) is 5.56 Å². The number of hydrogen-bond acceptors (Lipinski definition) is 2. The molecule has 84 valence electrons. The minimum absolute atomic E-state index is 0.256. The van der Waals surface area contributed by atoms with Crippen LogP contribution in [0.5, 0.6) is 0 Å². The van der Waals surface area contributed by atoms with Gasteiger partial charge < -0.3 is 5.73 Å². The first-order chi connectivity index (χ1) is 7.50. The second-order valence-corrected chi connectivity index (χ2v) is 3.61. The molecule has 0 unspecified atom stereocenters. The molecule has 0 aliphatic carbocycles. The van der Waals surface area contributed by atoms with Gasteiger partial charge in [-0.25, -0.2) is 8.78 Å². The first-order valence-corrected chi connectivity index (χ1v) is 4.75. The van der Waals surface area contributed by atoms with Crippen LogP contribution in [0.15, 0.2) is 18.2 Å².